The van der Waals surface area contributed by atoms with Gasteiger partial charge < -0.3 is 5.32 Å². The van der Waals surface area contributed by atoms with E-state index in [-0.39, 0.29) is 11.8 Å². The van der Waals surface area contributed by atoms with Crippen LogP contribution in [0.2, 0.25) is 0 Å². The van der Waals surface area contributed by atoms with Crippen LogP contribution >= 0.6 is 0 Å². The molecule has 1 heterocycles. The number of aryl methyl sites for hydroxylation is 1. The first-order valence-corrected chi connectivity index (χ1v) is 8.42. The minimum atomic E-state index is -3.22. The van der Waals surface area contributed by atoms with E-state index in [9.17, 15) is 8.42 Å². The van der Waals surface area contributed by atoms with Gasteiger partial charge in [0.15, 0.2) is 0 Å². The van der Waals surface area contributed by atoms with E-state index < -0.39 is 10.0 Å². The third-order valence-electron chi connectivity index (χ3n) is 3.59. The lowest BCUT2D eigenvalue weighted by molar-refractivity contribution is 0.560. The van der Waals surface area contributed by atoms with Crippen LogP contribution < -0.4 is 9.62 Å². The number of fused-ring (bicyclic) bond motifs is 1. The molecule has 1 aliphatic heterocycles. The summed E-state index contributed by atoms with van der Waals surface area (Å²) >= 11 is 0. The Morgan fingerprint density at radius 3 is 2.84 bits per heavy atom. The number of para-hydroxylation sites is 1. The lowest BCUT2D eigenvalue weighted by Crippen LogP contribution is -2.43. The monoisotopic (exact) mass is 282 g/mol. The average Bonchev–Trinajstić information content (AvgIpc) is 2.38. The van der Waals surface area contributed by atoms with E-state index >= 15 is 0 Å². The van der Waals surface area contributed by atoms with Crippen molar-refractivity contribution in [2.24, 2.45) is 0 Å². The molecular formula is C14H22N2O2S. The topological polar surface area (TPSA) is 49.4 Å². The second kappa shape index (κ2) is 5.92. The Labute approximate surface area is 115 Å². The van der Waals surface area contributed by atoms with Crippen molar-refractivity contribution in [3.63, 3.8) is 0 Å². The number of hydrogen-bond acceptors (Lipinski definition) is 3. The average molecular weight is 282 g/mol. The van der Waals surface area contributed by atoms with Crippen molar-refractivity contribution in [3.8, 4) is 0 Å². The fourth-order valence-corrected chi connectivity index (χ4v) is 4.45. The van der Waals surface area contributed by atoms with Gasteiger partial charge in [-0.25, -0.2) is 8.42 Å². The molecule has 0 aliphatic carbocycles. The van der Waals surface area contributed by atoms with Gasteiger partial charge in [-0.1, -0.05) is 18.2 Å². The zero-order valence-electron chi connectivity index (χ0n) is 11.6. The first kappa shape index (κ1) is 14.3. The number of hydrogen-bond donors (Lipinski definition) is 1. The number of rotatable bonds is 5. The smallest absolute Gasteiger partial charge is 0.235 e. The Balaban J connectivity index is 2.27. The zero-order valence-corrected chi connectivity index (χ0v) is 12.4. The lowest BCUT2D eigenvalue weighted by Gasteiger charge is -2.36. The summed E-state index contributed by atoms with van der Waals surface area (Å²) in [6, 6.07) is 7.88. The molecule has 1 aromatic carbocycles. The second-order valence-corrected chi connectivity index (χ2v) is 7.05. The third kappa shape index (κ3) is 3.09. The van der Waals surface area contributed by atoms with Gasteiger partial charge in [-0.2, -0.15) is 0 Å². The summed E-state index contributed by atoms with van der Waals surface area (Å²) < 4.78 is 26.7. The fraction of sp³-hybridized carbons (Fsp3) is 0.571. The van der Waals surface area contributed by atoms with Gasteiger partial charge >= 0.3 is 0 Å². The van der Waals surface area contributed by atoms with Gasteiger partial charge in [0.05, 0.1) is 11.4 Å². The summed E-state index contributed by atoms with van der Waals surface area (Å²) in [5.74, 6) is 0.201. The van der Waals surface area contributed by atoms with E-state index in [1.807, 2.05) is 38.2 Å². The number of nitrogens with zero attached hydrogens (tertiary/aromatic N) is 1. The zero-order chi connectivity index (χ0) is 13.9. The molecule has 1 aromatic rings. The minimum absolute atomic E-state index is 0.0504. The van der Waals surface area contributed by atoms with Crippen LogP contribution in [-0.4, -0.2) is 33.8 Å². The van der Waals surface area contributed by atoms with Crippen molar-refractivity contribution < 1.29 is 8.42 Å². The molecule has 0 amide bonds. The van der Waals surface area contributed by atoms with Crippen molar-refractivity contribution in [2.45, 2.75) is 32.2 Å². The normalized spacial score (nSPS) is 19.3. The van der Waals surface area contributed by atoms with Gasteiger partial charge in [0.2, 0.25) is 10.0 Å². The molecule has 2 rings (SSSR count). The van der Waals surface area contributed by atoms with Crippen molar-refractivity contribution in [3.05, 3.63) is 29.8 Å². The highest BCUT2D eigenvalue weighted by molar-refractivity contribution is 7.92. The van der Waals surface area contributed by atoms with Crippen LogP contribution in [0.25, 0.3) is 0 Å². The Bertz CT molecular complexity index is 528. The molecule has 0 saturated carbocycles. The van der Waals surface area contributed by atoms with Gasteiger partial charge in [-0.05, 0) is 51.4 Å². The minimum Gasteiger partial charge on any atom is -0.320 e. The van der Waals surface area contributed by atoms with E-state index in [1.54, 1.807) is 4.31 Å². The molecular weight excluding hydrogens is 260 g/mol. The summed E-state index contributed by atoms with van der Waals surface area (Å²) in [6.07, 6.45) is 2.49. The molecule has 0 spiro atoms. The SMILES string of the molecule is CNCCCS(=O)(=O)N1c2ccccc2CCC1C. The molecule has 1 unspecified atom stereocenters. The Morgan fingerprint density at radius 1 is 1.37 bits per heavy atom. The van der Waals surface area contributed by atoms with Gasteiger partial charge in [-0.3, -0.25) is 4.31 Å². The van der Waals surface area contributed by atoms with Crippen LogP contribution in [0.15, 0.2) is 24.3 Å². The maximum absolute atomic E-state index is 12.5. The highest BCUT2D eigenvalue weighted by Crippen LogP contribution is 2.32. The molecule has 0 fully saturated rings. The molecule has 19 heavy (non-hydrogen) atoms. The first-order chi connectivity index (χ1) is 9.06. The molecule has 1 aliphatic rings. The highest BCUT2D eigenvalue weighted by Gasteiger charge is 2.31. The standard InChI is InChI=1S/C14H22N2O2S/c1-12-8-9-13-6-3-4-7-14(13)16(12)19(17,18)11-5-10-15-2/h3-4,6-7,12,15H,5,8-11H2,1-2H3. The summed E-state index contributed by atoms with van der Waals surface area (Å²) in [7, 11) is -1.39. The van der Waals surface area contributed by atoms with Crippen LogP contribution in [0.3, 0.4) is 0 Å². The lowest BCUT2D eigenvalue weighted by atomic mass is 9.99. The summed E-state index contributed by atoms with van der Waals surface area (Å²) in [5, 5.41) is 2.99. The number of benzene rings is 1. The van der Waals surface area contributed by atoms with Crippen LogP contribution in [-0.2, 0) is 16.4 Å². The van der Waals surface area contributed by atoms with Crippen LogP contribution in [0.1, 0.15) is 25.3 Å². The van der Waals surface area contributed by atoms with Crippen molar-refractivity contribution in [1.29, 1.82) is 0 Å². The molecule has 1 N–H and O–H groups in total. The molecule has 0 radical (unpaired) electrons. The maximum Gasteiger partial charge on any atom is 0.235 e. The molecule has 0 bridgehead atoms. The van der Waals surface area contributed by atoms with E-state index in [1.165, 1.54) is 0 Å². The maximum atomic E-state index is 12.5. The highest BCUT2D eigenvalue weighted by atomic mass is 32.2. The van der Waals surface area contributed by atoms with E-state index in [4.69, 9.17) is 0 Å². The van der Waals surface area contributed by atoms with Crippen LogP contribution in [0.4, 0.5) is 5.69 Å². The van der Waals surface area contributed by atoms with Gasteiger partial charge in [0, 0.05) is 6.04 Å². The molecule has 0 saturated heterocycles. The summed E-state index contributed by atoms with van der Waals surface area (Å²) in [6.45, 7) is 2.72. The number of sulfonamides is 1. The Morgan fingerprint density at radius 2 is 2.11 bits per heavy atom. The van der Waals surface area contributed by atoms with Crippen molar-refractivity contribution >= 4 is 15.7 Å². The predicted molar refractivity (Wildman–Crippen MR) is 79.0 cm³/mol. The molecule has 1 atom stereocenters. The van der Waals surface area contributed by atoms with Gasteiger partial charge in [-0.15, -0.1) is 0 Å². The fourth-order valence-electron chi connectivity index (χ4n) is 2.61. The molecule has 0 aromatic heterocycles. The summed E-state index contributed by atoms with van der Waals surface area (Å²) in [4.78, 5) is 0. The van der Waals surface area contributed by atoms with Crippen molar-refractivity contribution in [1.82, 2.24) is 5.32 Å². The van der Waals surface area contributed by atoms with E-state index in [2.05, 4.69) is 5.32 Å². The molecule has 5 heteroatoms. The number of nitrogens with one attached hydrogen (secondary N) is 1. The third-order valence-corrected chi connectivity index (χ3v) is 5.55. The quantitative estimate of drug-likeness (QED) is 0.837. The van der Waals surface area contributed by atoms with Crippen LogP contribution in [0.5, 0.6) is 0 Å². The second-order valence-electron chi connectivity index (χ2n) is 5.09. The van der Waals surface area contributed by atoms with E-state index in [0.717, 1.165) is 30.6 Å². The summed E-state index contributed by atoms with van der Waals surface area (Å²) in [5.41, 5.74) is 2.00. The van der Waals surface area contributed by atoms with Gasteiger partial charge in [0.25, 0.3) is 0 Å². The van der Waals surface area contributed by atoms with Crippen LogP contribution in [0, 0.1) is 0 Å². The first-order valence-electron chi connectivity index (χ1n) is 6.81. The Hall–Kier alpha value is -1.07. The molecule has 4 nitrogen and oxygen atoms in total. The number of anilines is 1. The predicted octanol–water partition coefficient (Wildman–Crippen LogP) is 1.77. The van der Waals surface area contributed by atoms with E-state index in [0.29, 0.717) is 6.42 Å². The molecule has 106 valence electrons. The largest absolute Gasteiger partial charge is 0.320 e. The van der Waals surface area contributed by atoms with Crippen molar-refractivity contribution in [2.75, 3.05) is 23.7 Å². The van der Waals surface area contributed by atoms with Gasteiger partial charge in [0.1, 0.15) is 0 Å². The Kier molecular flexibility index (Phi) is 4.47.